The molecule has 0 amide bonds. The molecule has 0 spiro atoms. The van der Waals surface area contributed by atoms with E-state index in [-0.39, 0.29) is 18.0 Å². The Bertz CT molecular complexity index is 326. The maximum atomic E-state index is 13.1. The molecule has 0 radical (unpaired) electrons. The molecule has 0 aromatic heterocycles. The minimum Gasteiger partial charge on any atom is -0.316 e. The van der Waals surface area contributed by atoms with Crippen LogP contribution in [0.3, 0.4) is 0 Å². The van der Waals surface area contributed by atoms with Crippen molar-refractivity contribution in [2.45, 2.75) is 26.3 Å². The smallest absolute Gasteiger partial charge is 0.163 e. The second kappa shape index (κ2) is 4.48. The maximum Gasteiger partial charge on any atom is 0.163 e. The fourth-order valence-electron chi connectivity index (χ4n) is 1.22. The van der Waals surface area contributed by atoms with E-state index in [1.54, 1.807) is 6.07 Å². The van der Waals surface area contributed by atoms with Gasteiger partial charge in [0.2, 0.25) is 0 Å². The van der Waals surface area contributed by atoms with Crippen molar-refractivity contribution in [3.8, 4) is 0 Å². The standard InChI is InChI=1S/C10H13F2NO/c1-6(2)7-3-8(5-13-14)10(12)9(11)4-7/h3-4,6,13-14H,5H2,1-2H3. The van der Waals surface area contributed by atoms with Crippen molar-refractivity contribution in [2.24, 2.45) is 0 Å². The third-order valence-electron chi connectivity index (χ3n) is 2.06. The van der Waals surface area contributed by atoms with E-state index in [4.69, 9.17) is 5.21 Å². The SMILES string of the molecule is CC(C)c1cc(F)c(F)c(CNO)c1. The first-order valence-corrected chi connectivity index (χ1v) is 4.41. The molecule has 0 bridgehead atoms. The van der Waals surface area contributed by atoms with Gasteiger partial charge in [0.1, 0.15) is 0 Å². The zero-order chi connectivity index (χ0) is 10.7. The van der Waals surface area contributed by atoms with Crippen LogP contribution in [-0.4, -0.2) is 5.21 Å². The van der Waals surface area contributed by atoms with Crippen molar-refractivity contribution in [2.75, 3.05) is 0 Å². The highest BCUT2D eigenvalue weighted by molar-refractivity contribution is 5.28. The third kappa shape index (κ3) is 2.27. The number of halogens is 2. The molecule has 0 unspecified atom stereocenters. The highest BCUT2D eigenvalue weighted by Crippen LogP contribution is 2.20. The lowest BCUT2D eigenvalue weighted by Crippen LogP contribution is -2.10. The Morgan fingerprint density at radius 3 is 2.50 bits per heavy atom. The third-order valence-corrected chi connectivity index (χ3v) is 2.06. The Hall–Kier alpha value is -1.00. The molecule has 0 aliphatic rings. The van der Waals surface area contributed by atoms with Crippen LogP contribution in [0, 0.1) is 11.6 Å². The monoisotopic (exact) mass is 201 g/mol. The Morgan fingerprint density at radius 1 is 1.36 bits per heavy atom. The van der Waals surface area contributed by atoms with E-state index in [0.29, 0.717) is 5.56 Å². The van der Waals surface area contributed by atoms with Crippen molar-refractivity contribution in [3.63, 3.8) is 0 Å². The largest absolute Gasteiger partial charge is 0.316 e. The zero-order valence-electron chi connectivity index (χ0n) is 8.14. The summed E-state index contributed by atoms with van der Waals surface area (Å²) in [5.41, 5.74) is 2.66. The van der Waals surface area contributed by atoms with Gasteiger partial charge >= 0.3 is 0 Å². The number of nitrogens with one attached hydrogen (secondary N) is 1. The predicted octanol–water partition coefficient (Wildman–Crippen LogP) is 2.57. The summed E-state index contributed by atoms with van der Waals surface area (Å²) >= 11 is 0. The molecule has 0 atom stereocenters. The molecule has 2 N–H and O–H groups in total. The van der Waals surface area contributed by atoms with E-state index in [1.165, 1.54) is 6.07 Å². The molecular weight excluding hydrogens is 188 g/mol. The normalized spacial score (nSPS) is 11.0. The van der Waals surface area contributed by atoms with Gasteiger partial charge in [0.25, 0.3) is 0 Å². The maximum absolute atomic E-state index is 13.1. The van der Waals surface area contributed by atoms with Crippen LogP contribution in [0.15, 0.2) is 12.1 Å². The van der Waals surface area contributed by atoms with Crippen LogP contribution < -0.4 is 5.48 Å². The lowest BCUT2D eigenvalue weighted by atomic mass is 10.0. The van der Waals surface area contributed by atoms with E-state index < -0.39 is 11.6 Å². The molecule has 1 rings (SSSR count). The van der Waals surface area contributed by atoms with Crippen LogP contribution in [0.4, 0.5) is 8.78 Å². The summed E-state index contributed by atoms with van der Waals surface area (Å²) < 4.78 is 26.1. The minimum atomic E-state index is -0.907. The first-order valence-electron chi connectivity index (χ1n) is 4.41. The quantitative estimate of drug-likeness (QED) is 0.736. The summed E-state index contributed by atoms with van der Waals surface area (Å²) in [4.78, 5) is 0. The van der Waals surface area contributed by atoms with Crippen LogP contribution in [-0.2, 0) is 6.54 Å². The average Bonchev–Trinajstić information content (AvgIpc) is 2.12. The molecule has 14 heavy (non-hydrogen) atoms. The molecule has 1 aromatic rings. The molecule has 0 saturated heterocycles. The van der Waals surface area contributed by atoms with Gasteiger partial charge in [-0.15, -0.1) is 0 Å². The highest BCUT2D eigenvalue weighted by Gasteiger charge is 2.11. The summed E-state index contributed by atoms with van der Waals surface area (Å²) in [6, 6.07) is 2.73. The van der Waals surface area contributed by atoms with Crippen molar-refractivity contribution >= 4 is 0 Å². The van der Waals surface area contributed by atoms with E-state index >= 15 is 0 Å². The summed E-state index contributed by atoms with van der Waals surface area (Å²) in [6.45, 7) is 3.69. The summed E-state index contributed by atoms with van der Waals surface area (Å²) in [5, 5.41) is 8.43. The summed E-state index contributed by atoms with van der Waals surface area (Å²) in [7, 11) is 0. The first kappa shape index (κ1) is 11.1. The van der Waals surface area contributed by atoms with Crippen LogP contribution in [0.25, 0.3) is 0 Å². The Morgan fingerprint density at radius 2 is 2.00 bits per heavy atom. The molecular formula is C10H13F2NO. The second-order valence-corrected chi connectivity index (χ2v) is 3.47. The predicted molar refractivity (Wildman–Crippen MR) is 49.1 cm³/mol. The Labute approximate surface area is 81.5 Å². The van der Waals surface area contributed by atoms with Gasteiger partial charge in [-0.05, 0) is 17.5 Å². The minimum absolute atomic E-state index is 0.0939. The molecule has 0 heterocycles. The molecule has 0 aliphatic heterocycles. The Kier molecular flexibility index (Phi) is 3.55. The molecule has 0 fully saturated rings. The lowest BCUT2D eigenvalue weighted by Gasteiger charge is -2.09. The first-order chi connectivity index (χ1) is 6.56. The summed E-state index contributed by atoms with van der Waals surface area (Å²) in [5.74, 6) is -1.65. The number of rotatable bonds is 3. The Balaban J connectivity index is 3.14. The van der Waals surface area contributed by atoms with Gasteiger partial charge in [0.15, 0.2) is 11.6 Å². The van der Waals surface area contributed by atoms with Crippen molar-refractivity contribution in [1.29, 1.82) is 0 Å². The number of hydroxylamine groups is 1. The fraction of sp³-hybridized carbons (Fsp3) is 0.400. The van der Waals surface area contributed by atoms with Gasteiger partial charge in [-0.25, -0.2) is 14.3 Å². The topological polar surface area (TPSA) is 32.3 Å². The van der Waals surface area contributed by atoms with Crippen molar-refractivity contribution < 1.29 is 14.0 Å². The molecule has 4 heteroatoms. The van der Waals surface area contributed by atoms with Crippen LogP contribution in [0.2, 0.25) is 0 Å². The number of hydrogen-bond acceptors (Lipinski definition) is 2. The van der Waals surface area contributed by atoms with Crippen molar-refractivity contribution in [3.05, 3.63) is 34.9 Å². The number of hydrogen-bond donors (Lipinski definition) is 2. The van der Waals surface area contributed by atoms with E-state index in [9.17, 15) is 8.78 Å². The lowest BCUT2D eigenvalue weighted by molar-refractivity contribution is 0.159. The molecule has 2 nitrogen and oxygen atoms in total. The molecule has 0 aliphatic carbocycles. The van der Waals surface area contributed by atoms with Gasteiger partial charge in [0, 0.05) is 12.1 Å². The molecule has 1 aromatic carbocycles. The zero-order valence-corrected chi connectivity index (χ0v) is 8.14. The molecule has 0 saturated carbocycles. The summed E-state index contributed by atoms with van der Waals surface area (Å²) in [6.07, 6.45) is 0. The van der Waals surface area contributed by atoms with E-state index in [1.807, 2.05) is 19.3 Å². The van der Waals surface area contributed by atoms with Gasteiger partial charge in [0.05, 0.1) is 0 Å². The average molecular weight is 201 g/mol. The fourth-order valence-corrected chi connectivity index (χ4v) is 1.22. The van der Waals surface area contributed by atoms with Crippen LogP contribution in [0.1, 0.15) is 30.9 Å². The van der Waals surface area contributed by atoms with Gasteiger partial charge < -0.3 is 5.21 Å². The number of benzene rings is 1. The van der Waals surface area contributed by atoms with E-state index in [0.717, 1.165) is 0 Å². The van der Waals surface area contributed by atoms with Crippen LogP contribution in [0.5, 0.6) is 0 Å². The highest BCUT2D eigenvalue weighted by atomic mass is 19.2. The van der Waals surface area contributed by atoms with Crippen molar-refractivity contribution in [1.82, 2.24) is 5.48 Å². The van der Waals surface area contributed by atoms with Gasteiger partial charge in [-0.1, -0.05) is 19.9 Å². The van der Waals surface area contributed by atoms with Gasteiger partial charge in [-0.2, -0.15) is 0 Å². The van der Waals surface area contributed by atoms with Crippen LogP contribution >= 0.6 is 0 Å². The van der Waals surface area contributed by atoms with E-state index in [2.05, 4.69) is 0 Å². The van der Waals surface area contributed by atoms with Gasteiger partial charge in [-0.3, -0.25) is 0 Å². The second-order valence-electron chi connectivity index (χ2n) is 3.47. The molecule has 78 valence electrons.